The molecule has 0 bridgehead atoms. The average molecular weight is 286 g/mol. The Labute approximate surface area is 119 Å². The zero-order chi connectivity index (χ0) is 12.8. The summed E-state index contributed by atoms with van der Waals surface area (Å²) in [6, 6.07) is 0. The lowest BCUT2D eigenvalue weighted by Gasteiger charge is -2.47. The molecule has 0 heterocycles. The summed E-state index contributed by atoms with van der Waals surface area (Å²) in [6.07, 6.45) is 19.2. The maximum absolute atomic E-state index is 3.39. The Morgan fingerprint density at radius 1 is 0.778 bits per heavy atom. The van der Waals surface area contributed by atoms with Crippen LogP contribution in [-0.2, 0) is 0 Å². The molecular formula is C16H32P2. The van der Waals surface area contributed by atoms with Crippen LogP contribution in [0.15, 0.2) is 0 Å². The lowest BCUT2D eigenvalue weighted by atomic mass is 9.67. The highest BCUT2D eigenvalue weighted by Crippen LogP contribution is 2.50. The minimum Gasteiger partial charge on any atom is -0.138 e. The van der Waals surface area contributed by atoms with E-state index in [1.54, 1.807) is 0 Å². The summed E-state index contributed by atoms with van der Waals surface area (Å²) in [5.41, 5.74) is 0. The van der Waals surface area contributed by atoms with Gasteiger partial charge in [0.15, 0.2) is 0 Å². The highest BCUT2D eigenvalue weighted by atomic mass is 31.0. The van der Waals surface area contributed by atoms with Crippen molar-refractivity contribution in [2.24, 2.45) is 11.8 Å². The van der Waals surface area contributed by atoms with Gasteiger partial charge in [-0.1, -0.05) is 38.5 Å². The van der Waals surface area contributed by atoms with Crippen molar-refractivity contribution in [1.29, 1.82) is 0 Å². The number of rotatable bonds is 5. The van der Waals surface area contributed by atoms with E-state index in [-0.39, 0.29) is 0 Å². The Kier molecular flexibility index (Phi) is 6.43. The quantitative estimate of drug-likeness (QED) is 0.592. The van der Waals surface area contributed by atoms with Gasteiger partial charge in [0, 0.05) is 0 Å². The van der Waals surface area contributed by atoms with Gasteiger partial charge in [0.05, 0.1) is 0 Å². The molecule has 2 rings (SSSR count). The van der Waals surface area contributed by atoms with Crippen molar-refractivity contribution in [3.05, 3.63) is 0 Å². The first-order chi connectivity index (χ1) is 8.77. The van der Waals surface area contributed by atoms with Gasteiger partial charge in [0.25, 0.3) is 0 Å². The van der Waals surface area contributed by atoms with Crippen LogP contribution in [0.25, 0.3) is 0 Å². The SMILES string of the molecule is PCCCC(P)(C1CCCCC1)C1CCCCC1. The fourth-order valence-electron chi connectivity index (χ4n) is 4.43. The molecule has 0 nitrogen and oxygen atoms in total. The number of hydrogen-bond donors (Lipinski definition) is 0. The van der Waals surface area contributed by atoms with E-state index in [1.807, 2.05) is 0 Å². The minimum absolute atomic E-state index is 0.595. The molecule has 18 heavy (non-hydrogen) atoms. The van der Waals surface area contributed by atoms with Gasteiger partial charge in [-0.25, -0.2) is 0 Å². The summed E-state index contributed by atoms with van der Waals surface area (Å²) in [7, 11) is 6.32. The van der Waals surface area contributed by atoms with Crippen LogP contribution in [0.5, 0.6) is 0 Å². The van der Waals surface area contributed by atoms with Crippen LogP contribution in [0, 0.1) is 11.8 Å². The standard InChI is InChI=1S/C16H32P2/c17-13-7-12-16(18,14-8-3-1-4-9-14)15-10-5-2-6-11-15/h14-15H,1-13,17-18H2. The van der Waals surface area contributed by atoms with Gasteiger partial charge in [-0.3, -0.25) is 0 Å². The van der Waals surface area contributed by atoms with Crippen molar-refractivity contribution >= 4 is 18.5 Å². The largest absolute Gasteiger partial charge is 0.138 e. The van der Waals surface area contributed by atoms with Gasteiger partial charge in [-0.15, -0.1) is 18.5 Å². The Morgan fingerprint density at radius 2 is 1.22 bits per heavy atom. The van der Waals surface area contributed by atoms with Gasteiger partial charge in [-0.05, 0) is 61.7 Å². The zero-order valence-corrected chi connectivity index (χ0v) is 14.3. The molecule has 2 saturated carbocycles. The van der Waals surface area contributed by atoms with E-state index in [1.165, 1.54) is 83.2 Å². The topological polar surface area (TPSA) is 0 Å². The van der Waals surface area contributed by atoms with Crippen molar-refractivity contribution in [1.82, 2.24) is 0 Å². The predicted molar refractivity (Wildman–Crippen MR) is 89.4 cm³/mol. The first-order valence-electron chi connectivity index (χ1n) is 8.26. The lowest BCUT2D eigenvalue weighted by Crippen LogP contribution is -2.41. The van der Waals surface area contributed by atoms with Gasteiger partial charge >= 0.3 is 0 Å². The first-order valence-corrected chi connectivity index (χ1v) is 9.65. The summed E-state index contributed by atoms with van der Waals surface area (Å²) in [6.45, 7) is 0. The third-order valence-electron chi connectivity index (χ3n) is 5.54. The molecule has 2 fully saturated rings. The van der Waals surface area contributed by atoms with Gasteiger partial charge in [0.2, 0.25) is 0 Å². The molecule has 2 atom stereocenters. The molecule has 106 valence electrons. The van der Waals surface area contributed by atoms with Crippen LogP contribution < -0.4 is 0 Å². The van der Waals surface area contributed by atoms with Crippen LogP contribution in [0.3, 0.4) is 0 Å². The molecule has 0 spiro atoms. The van der Waals surface area contributed by atoms with Crippen LogP contribution in [0.2, 0.25) is 0 Å². The van der Waals surface area contributed by atoms with Crippen molar-refractivity contribution in [3.63, 3.8) is 0 Å². The van der Waals surface area contributed by atoms with Gasteiger partial charge in [-0.2, -0.15) is 0 Å². The summed E-state index contributed by atoms with van der Waals surface area (Å²) in [5.74, 6) is 2.02. The van der Waals surface area contributed by atoms with E-state index in [2.05, 4.69) is 18.5 Å². The molecule has 0 aliphatic heterocycles. The zero-order valence-electron chi connectivity index (χ0n) is 12.0. The Morgan fingerprint density at radius 3 is 1.61 bits per heavy atom. The Bertz CT molecular complexity index is 209. The molecule has 0 aromatic rings. The van der Waals surface area contributed by atoms with E-state index < -0.39 is 0 Å². The fraction of sp³-hybridized carbons (Fsp3) is 1.00. The molecule has 2 unspecified atom stereocenters. The summed E-state index contributed by atoms with van der Waals surface area (Å²) < 4.78 is 0. The molecule has 0 amide bonds. The molecule has 2 heteroatoms. The first kappa shape index (κ1) is 15.3. The highest BCUT2D eigenvalue weighted by Gasteiger charge is 2.41. The fourth-order valence-corrected chi connectivity index (χ4v) is 5.50. The molecule has 0 radical (unpaired) electrons. The minimum atomic E-state index is 0.595. The monoisotopic (exact) mass is 286 g/mol. The van der Waals surface area contributed by atoms with Crippen LogP contribution >= 0.6 is 18.5 Å². The van der Waals surface area contributed by atoms with E-state index in [4.69, 9.17) is 0 Å². The highest BCUT2D eigenvalue weighted by molar-refractivity contribution is 7.19. The number of hydrogen-bond acceptors (Lipinski definition) is 0. The average Bonchev–Trinajstić information content (AvgIpc) is 2.46. The maximum Gasteiger partial charge on any atom is -0.00937 e. The maximum atomic E-state index is 3.39. The second kappa shape index (κ2) is 7.59. The molecule has 0 aromatic carbocycles. The van der Waals surface area contributed by atoms with Crippen molar-refractivity contribution in [2.75, 3.05) is 6.16 Å². The molecular weight excluding hydrogens is 254 g/mol. The molecule has 0 aromatic heterocycles. The Balaban J connectivity index is 2.04. The smallest absolute Gasteiger partial charge is 0.00937 e. The Hall–Kier alpha value is 0.860. The molecule has 0 N–H and O–H groups in total. The predicted octanol–water partition coefficient (Wildman–Crippen LogP) is 5.42. The molecule has 2 aliphatic rings. The van der Waals surface area contributed by atoms with Gasteiger partial charge in [0.1, 0.15) is 0 Å². The second-order valence-corrected chi connectivity index (χ2v) is 8.33. The van der Waals surface area contributed by atoms with Crippen LogP contribution in [0.1, 0.15) is 77.0 Å². The van der Waals surface area contributed by atoms with Gasteiger partial charge < -0.3 is 0 Å². The second-order valence-electron chi connectivity index (χ2n) is 6.67. The van der Waals surface area contributed by atoms with Crippen molar-refractivity contribution < 1.29 is 0 Å². The van der Waals surface area contributed by atoms with E-state index in [0.29, 0.717) is 5.16 Å². The van der Waals surface area contributed by atoms with Crippen molar-refractivity contribution in [2.45, 2.75) is 82.2 Å². The summed E-state index contributed by atoms with van der Waals surface area (Å²) in [5, 5.41) is 0.595. The third-order valence-corrected chi connectivity index (χ3v) is 7.18. The van der Waals surface area contributed by atoms with Crippen LogP contribution in [0.4, 0.5) is 0 Å². The van der Waals surface area contributed by atoms with E-state index in [9.17, 15) is 0 Å². The molecule has 0 saturated heterocycles. The van der Waals surface area contributed by atoms with Crippen LogP contribution in [-0.4, -0.2) is 11.3 Å². The van der Waals surface area contributed by atoms with Crippen molar-refractivity contribution in [3.8, 4) is 0 Å². The normalized spacial score (nSPS) is 24.3. The lowest BCUT2D eigenvalue weighted by molar-refractivity contribution is 0.165. The summed E-state index contributed by atoms with van der Waals surface area (Å²) in [4.78, 5) is 0. The summed E-state index contributed by atoms with van der Waals surface area (Å²) >= 11 is 0. The van der Waals surface area contributed by atoms with E-state index >= 15 is 0 Å². The van der Waals surface area contributed by atoms with E-state index in [0.717, 1.165) is 11.8 Å². The third kappa shape index (κ3) is 3.70. The molecule has 2 aliphatic carbocycles.